The second kappa shape index (κ2) is 11.9. The number of Topliss-reactive ketones (excluding diaryl/α,β-unsaturated/α-hetero) is 1. The Kier molecular flexibility index (Phi) is 8.79. The van der Waals surface area contributed by atoms with Crippen LogP contribution < -0.4 is 10.2 Å². The van der Waals surface area contributed by atoms with Crippen LogP contribution in [0.1, 0.15) is 44.0 Å². The highest BCUT2D eigenvalue weighted by Gasteiger charge is 2.55. The van der Waals surface area contributed by atoms with Crippen LogP contribution in [0.4, 0.5) is 14.5 Å². The van der Waals surface area contributed by atoms with Gasteiger partial charge in [0.2, 0.25) is 12.3 Å². The molecule has 0 bridgehead atoms. The smallest absolute Gasteiger partial charge is 0.251 e. The maximum absolute atomic E-state index is 13.6. The van der Waals surface area contributed by atoms with E-state index in [4.69, 9.17) is 4.74 Å². The van der Waals surface area contributed by atoms with Gasteiger partial charge in [0.1, 0.15) is 18.7 Å². The van der Waals surface area contributed by atoms with E-state index in [0.29, 0.717) is 12.0 Å². The number of amides is 2. The largest absolute Gasteiger partial charge is 0.369 e. The highest BCUT2D eigenvalue weighted by Crippen LogP contribution is 2.35. The Labute approximate surface area is 217 Å². The van der Waals surface area contributed by atoms with Gasteiger partial charge in [-0.15, -0.1) is 0 Å². The van der Waals surface area contributed by atoms with Crippen molar-refractivity contribution in [2.75, 3.05) is 50.8 Å². The van der Waals surface area contributed by atoms with Crippen molar-refractivity contribution in [1.82, 2.24) is 15.1 Å². The summed E-state index contributed by atoms with van der Waals surface area (Å²) in [6, 6.07) is 5.37. The Morgan fingerprint density at radius 3 is 2.38 bits per heavy atom. The van der Waals surface area contributed by atoms with E-state index in [1.165, 1.54) is 4.90 Å². The van der Waals surface area contributed by atoms with E-state index >= 15 is 0 Å². The van der Waals surface area contributed by atoms with Gasteiger partial charge < -0.3 is 19.9 Å². The van der Waals surface area contributed by atoms with Crippen LogP contribution in [0, 0.1) is 11.8 Å². The molecule has 0 aliphatic carbocycles. The van der Waals surface area contributed by atoms with Gasteiger partial charge in [0.05, 0.1) is 12.0 Å². The first-order valence-corrected chi connectivity index (χ1v) is 13.3. The Morgan fingerprint density at radius 2 is 1.78 bits per heavy atom. The number of carbonyl (C=O) groups is 3. The molecular formula is C27H38F2N4O4. The van der Waals surface area contributed by atoms with Crippen LogP contribution >= 0.6 is 0 Å². The number of ether oxygens (including phenoxy) is 1. The van der Waals surface area contributed by atoms with Crippen LogP contribution in [0.5, 0.6) is 0 Å². The van der Waals surface area contributed by atoms with Gasteiger partial charge in [-0.3, -0.25) is 19.3 Å². The van der Waals surface area contributed by atoms with Crippen LogP contribution in [-0.4, -0.2) is 97.9 Å². The molecule has 4 rings (SSSR count). The summed E-state index contributed by atoms with van der Waals surface area (Å²) < 4.78 is 32.5. The number of hydrogen-bond donors (Lipinski definition) is 1. The molecule has 0 saturated carbocycles. The molecule has 0 unspecified atom stereocenters. The first-order valence-electron chi connectivity index (χ1n) is 13.3. The maximum Gasteiger partial charge on any atom is 0.251 e. The minimum Gasteiger partial charge on any atom is -0.369 e. The maximum atomic E-state index is 13.6. The van der Waals surface area contributed by atoms with Gasteiger partial charge in [-0.05, 0) is 49.6 Å². The van der Waals surface area contributed by atoms with E-state index in [-0.39, 0.29) is 24.9 Å². The van der Waals surface area contributed by atoms with Crippen molar-refractivity contribution in [1.29, 1.82) is 0 Å². The van der Waals surface area contributed by atoms with Gasteiger partial charge in [-0.25, -0.2) is 8.78 Å². The molecule has 3 fully saturated rings. The van der Waals surface area contributed by atoms with Crippen LogP contribution in [0.25, 0.3) is 0 Å². The molecule has 1 aromatic rings. The van der Waals surface area contributed by atoms with Crippen LogP contribution in [0.2, 0.25) is 0 Å². The van der Waals surface area contributed by atoms with Crippen molar-refractivity contribution in [3.8, 4) is 0 Å². The van der Waals surface area contributed by atoms with Crippen molar-refractivity contribution < 1.29 is 27.9 Å². The summed E-state index contributed by atoms with van der Waals surface area (Å²) in [4.78, 5) is 44.9. The Hall–Kier alpha value is -2.59. The molecule has 3 aliphatic heterocycles. The number of anilines is 1. The lowest BCUT2D eigenvalue weighted by atomic mass is 10.0. The fourth-order valence-corrected chi connectivity index (χ4v) is 5.65. The molecule has 37 heavy (non-hydrogen) atoms. The van der Waals surface area contributed by atoms with Crippen molar-refractivity contribution in [2.24, 2.45) is 11.8 Å². The van der Waals surface area contributed by atoms with Crippen molar-refractivity contribution >= 4 is 23.3 Å². The summed E-state index contributed by atoms with van der Waals surface area (Å²) in [6.07, 6.45) is -2.24. The van der Waals surface area contributed by atoms with Gasteiger partial charge in [0, 0.05) is 44.0 Å². The molecular weight excluding hydrogens is 482 g/mol. The monoisotopic (exact) mass is 520 g/mol. The SMILES string of the molecule is CCCN1CCN(c2ccc(C(=O)N[C@@H](CC(C)C)C(=O)N3C[C@H](C(F)F)[C@H]4OCC(=O)[C@H]43)cc2)CC1. The van der Waals surface area contributed by atoms with E-state index in [1.54, 1.807) is 12.1 Å². The molecule has 2 amide bonds. The van der Waals surface area contributed by atoms with E-state index in [9.17, 15) is 23.2 Å². The fraction of sp³-hybridized carbons (Fsp3) is 0.667. The number of hydrogen-bond acceptors (Lipinski definition) is 6. The molecule has 3 aliphatic rings. The average Bonchev–Trinajstić information content (AvgIpc) is 3.44. The molecule has 1 N–H and O–H groups in total. The molecule has 1 aromatic carbocycles. The summed E-state index contributed by atoms with van der Waals surface area (Å²) in [5.41, 5.74) is 1.46. The molecule has 0 aromatic heterocycles. The topological polar surface area (TPSA) is 82.2 Å². The number of likely N-dealkylation sites (tertiary alicyclic amines) is 1. The molecule has 0 spiro atoms. The third-order valence-corrected chi connectivity index (χ3v) is 7.55. The highest BCUT2D eigenvalue weighted by atomic mass is 19.3. The van der Waals surface area contributed by atoms with Crippen molar-refractivity contribution in [2.45, 2.75) is 58.2 Å². The third kappa shape index (κ3) is 6.12. The van der Waals surface area contributed by atoms with Gasteiger partial charge in [0.15, 0.2) is 5.78 Å². The molecule has 3 heterocycles. The number of carbonyl (C=O) groups excluding carboxylic acids is 3. The second-order valence-electron chi connectivity index (χ2n) is 10.7. The zero-order valence-electron chi connectivity index (χ0n) is 21.9. The predicted octanol–water partition coefficient (Wildman–Crippen LogP) is 2.42. The van der Waals surface area contributed by atoms with Crippen LogP contribution in [0.3, 0.4) is 0 Å². The zero-order valence-corrected chi connectivity index (χ0v) is 21.9. The first-order chi connectivity index (χ1) is 17.7. The Bertz CT molecular complexity index is 966. The van der Waals surface area contributed by atoms with Crippen LogP contribution in [0.15, 0.2) is 24.3 Å². The van der Waals surface area contributed by atoms with Gasteiger partial charge in [-0.2, -0.15) is 0 Å². The Morgan fingerprint density at radius 1 is 1.11 bits per heavy atom. The lowest BCUT2D eigenvalue weighted by molar-refractivity contribution is -0.138. The molecule has 4 atom stereocenters. The number of alkyl halides is 2. The molecule has 10 heteroatoms. The van der Waals surface area contributed by atoms with E-state index in [2.05, 4.69) is 22.0 Å². The average molecular weight is 521 g/mol. The first kappa shape index (κ1) is 27.4. The number of halogens is 2. The number of piperazine rings is 1. The quantitative estimate of drug-likeness (QED) is 0.539. The number of fused-ring (bicyclic) bond motifs is 1. The summed E-state index contributed by atoms with van der Waals surface area (Å²) in [5.74, 6) is -2.45. The predicted molar refractivity (Wildman–Crippen MR) is 136 cm³/mol. The van der Waals surface area contributed by atoms with Crippen LogP contribution in [-0.2, 0) is 14.3 Å². The summed E-state index contributed by atoms with van der Waals surface area (Å²) in [5, 5.41) is 2.81. The summed E-state index contributed by atoms with van der Waals surface area (Å²) in [6.45, 7) is 10.5. The van der Waals surface area contributed by atoms with Gasteiger partial charge >= 0.3 is 0 Å². The lowest BCUT2D eigenvalue weighted by Crippen LogP contribution is -2.52. The minimum atomic E-state index is -2.71. The fourth-order valence-electron chi connectivity index (χ4n) is 5.65. The van der Waals surface area contributed by atoms with Gasteiger partial charge in [0.25, 0.3) is 5.91 Å². The molecule has 0 radical (unpaired) electrons. The highest BCUT2D eigenvalue weighted by molar-refractivity contribution is 5.99. The summed E-state index contributed by atoms with van der Waals surface area (Å²) >= 11 is 0. The Balaban J connectivity index is 1.42. The number of rotatable bonds is 9. The molecule has 204 valence electrons. The third-order valence-electron chi connectivity index (χ3n) is 7.55. The lowest BCUT2D eigenvalue weighted by Gasteiger charge is -2.36. The minimum absolute atomic E-state index is 0.0582. The number of benzene rings is 1. The van der Waals surface area contributed by atoms with Gasteiger partial charge in [-0.1, -0.05) is 20.8 Å². The van der Waals surface area contributed by atoms with E-state index < -0.39 is 42.3 Å². The number of ketones is 1. The van der Waals surface area contributed by atoms with E-state index in [1.807, 2.05) is 26.0 Å². The van der Waals surface area contributed by atoms with Crippen molar-refractivity contribution in [3.05, 3.63) is 29.8 Å². The normalized spacial score (nSPS) is 25.2. The zero-order chi connectivity index (χ0) is 26.7. The van der Waals surface area contributed by atoms with E-state index in [0.717, 1.165) is 44.8 Å². The van der Waals surface area contributed by atoms with Crippen molar-refractivity contribution in [3.63, 3.8) is 0 Å². The molecule has 3 saturated heterocycles. The summed E-state index contributed by atoms with van der Waals surface area (Å²) in [7, 11) is 0. The number of nitrogens with zero attached hydrogens (tertiary/aromatic N) is 3. The molecule has 8 nitrogen and oxygen atoms in total. The number of nitrogens with one attached hydrogen (secondary N) is 1. The standard InChI is InChI=1S/C27H38F2N4O4/c1-4-9-31-10-12-32(13-11-31)19-7-5-18(6-8-19)26(35)30-21(14-17(2)3)27(36)33-15-20(25(28)29)24-23(33)22(34)16-37-24/h5-8,17,20-21,23-25H,4,9-16H2,1-3H3,(H,30,35)/t20-,21-,23+,24+/m0/s1. The second-order valence-corrected chi connectivity index (χ2v) is 10.7.